The summed E-state index contributed by atoms with van der Waals surface area (Å²) in [6.07, 6.45) is 2.13. The van der Waals surface area contributed by atoms with Crippen LogP contribution in [0.25, 0.3) is 0 Å². The third-order valence-corrected chi connectivity index (χ3v) is 4.15. The van der Waals surface area contributed by atoms with E-state index in [9.17, 15) is 4.79 Å². The molecule has 0 N–H and O–H groups in total. The molecule has 1 aliphatic rings. The Kier molecular flexibility index (Phi) is 5.43. The van der Waals surface area contributed by atoms with Crippen molar-refractivity contribution in [3.63, 3.8) is 0 Å². The highest BCUT2D eigenvalue weighted by Gasteiger charge is 2.24. The van der Waals surface area contributed by atoms with E-state index in [2.05, 4.69) is 15.9 Å². The van der Waals surface area contributed by atoms with Crippen molar-refractivity contribution in [1.29, 1.82) is 0 Å². The van der Waals surface area contributed by atoms with Gasteiger partial charge in [-0.15, -0.1) is 0 Å². The van der Waals surface area contributed by atoms with Gasteiger partial charge in [-0.25, -0.2) is 0 Å². The molecular weight excluding hydrogens is 322 g/mol. The monoisotopic (exact) mass is 341 g/mol. The molecule has 0 radical (unpaired) electrons. The van der Waals surface area contributed by atoms with Crippen LogP contribution in [0.1, 0.15) is 30.1 Å². The van der Waals surface area contributed by atoms with Crippen LogP contribution in [0.4, 0.5) is 0 Å². The maximum atomic E-state index is 12.4. The summed E-state index contributed by atoms with van der Waals surface area (Å²) < 4.78 is 11.6. The second kappa shape index (κ2) is 7.09. The first-order valence-electron chi connectivity index (χ1n) is 6.90. The highest BCUT2D eigenvalue weighted by atomic mass is 79.9. The number of halogens is 1. The lowest BCUT2D eigenvalue weighted by molar-refractivity contribution is 0.0146. The van der Waals surface area contributed by atoms with Gasteiger partial charge < -0.3 is 14.4 Å². The quantitative estimate of drug-likeness (QED) is 0.844. The Morgan fingerprint density at radius 2 is 2.10 bits per heavy atom. The summed E-state index contributed by atoms with van der Waals surface area (Å²) >= 11 is 3.41. The summed E-state index contributed by atoms with van der Waals surface area (Å²) in [6, 6.07) is 5.43. The standard InChI is InChI=1S/C15H20BrNO3/c1-3-20-12-6-8-17(9-7-12)15(18)11-4-5-14(19-2)13(16)10-11/h4-5,10,12H,3,6-9H2,1-2H3. The molecule has 0 unspecified atom stereocenters. The fourth-order valence-electron chi connectivity index (χ4n) is 2.44. The lowest BCUT2D eigenvalue weighted by atomic mass is 10.1. The van der Waals surface area contributed by atoms with E-state index in [1.54, 1.807) is 13.2 Å². The number of amides is 1. The smallest absolute Gasteiger partial charge is 0.253 e. The van der Waals surface area contributed by atoms with Crippen LogP contribution in [0, 0.1) is 0 Å². The van der Waals surface area contributed by atoms with Gasteiger partial charge in [0.05, 0.1) is 17.7 Å². The van der Waals surface area contributed by atoms with E-state index < -0.39 is 0 Å². The summed E-state index contributed by atoms with van der Waals surface area (Å²) in [6.45, 7) is 4.26. The Balaban J connectivity index is 2.00. The Morgan fingerprint density at radius 1 is 1.40 bits per heavy atom. The molecular formula is C15H20BrNO3. The number of hydrogen-bond donors (Lipinski definition) is 0. The molecule has 0 aromatic heterocycles. The first-order chi connectivity index (χ1) is 9.65. The molecule has 2 rings (SSSR count). The summed E-state index contributed by atoms with van der Waals surface area (Å²) in [5, 5.41) is 0. The molecule has 0 aliphatic carbocycles. The molecule has 1 aliphatic heterocycles. The second-order valence-corrected chi connectivity index (χ2v) is 5.65. The largest absolute Gasteiger partial charge is 0.496 e. The van der Waals surface area contributed by atoms with Crippen LogP contribution in [0.2, 0.25) is 0 Å². The zero-order valence-corrected chi connectivity index (χ0v) is 13.5. The van der Waals surface area contributed by atoms with Crippen molar-refractivity contribution in [2.24, 2.45) is 0 Å². The number of methoxy groups -OCH3 is 1. The van der Waals surface area contributed by atoms with Crippen LogP contribution in [0.15, 0.2) is 22.7 Å². The molecule has 1 aromatic carbocycles. The van der Waals surface area contributed by atoms with Gasteiger partial charge in [0.2, 0.25) is 0 Å². The van der Waals surface area contributed by atoms with Gasteiger partial charge >= 0.3 is 0 Å². The van der Waals surface area contributed by atoms with Crippen LogP contribution < -0.4 is 4.74 Å². The molecule has 0 spiro atoms. The molecule has 1 aromatic rings. The van der Waals surface area contributed by atoms with Gasteiger partial charge in [-0.1, -0.05) is 0 Å². The summed E-state index contributed by atoms with van der Waals surface area (Å²) in [5.74, 6) is 0.805. The van der Waals surface area contributed by atoms with E-state index in [4.69, 9.17) is 9.47 Å². The molecule has 1 heterocycles. The highest BCUT2D eigenvalue weighted by molar-refractivity contribution is 9.10. The minimum absolute atomic E-state index is 0.0725. The number of ether oxygens (including phenoxy) is 2. The third-order valence-electron chi connectivity index (χ3n) is 3.53. The van der Waals surface area contributed by atoms with E-state index in [0.29, 0.717) is 11.7 Å². The van der Waals surface area contributed by atoms with Crippen molar-refractivity contribution >= 4 is 21.8 Å². The molecule has 1 amide bonds. The zero-order chi connectivity index (χ0) is 14.5. The minimum atomic E-state index is 0.0725. The Morgan fingerprint density at radius 3 is 2.65 bits per heavy atom. The van der Waals surface area contributed by atoms with Crippen molar-refractivity contribution in [3.05, 3.63) is 28.2 Å². The average molecular weight is 342 g/mol. The molecule has 0 bridgehead atoms. The van der Waals surface area contributed by atoms with Crippen LogP contribution in [-0.4, -0.2) is 43.7 Å². The van der Waals surface area contributed by atoms with E-state index in [0.717, 1.165) is 42.8 Å². The maximum absolute atomic E-state index is 12.4. The summed E-state index contributed by atoms with van der Waals surface area (Å²) in [4.78, 5) is 14.3. The van der Waals surface area contributed by atoms with E-state index in [1.807, 2.05) is 24.0 Å². The second-order valence-electron chi connectivity index (χ2n) is 4.80. The SMILES string of the molecule is CCOC1CCN(C(=O)c2ccc(OC)c(Br)c2)CC1. The molecule has 110 valence electrons. The molecule has 4 nitrogen and oxygen atoms in total. The molecule has 5 heteroatoms. The minimum Gasteiger partial charge on any atom is -0.496 e. The van der Waals surface area contributed by atoms with Crippen LogP contribution in [-0.2, 0) is 4.74 Å². The fourth-order valence-corrected chi connectivity index (χ4v) is 2.98. The Labute approximate surface area is 128 Å². The van der Waals surface area contributed by atoms with Gasteiger partial charge in [0.1, 0.15) is 5.75 Å². The number of nitrogens with zero attached hydrogens (tertiary/aromatic N) is 1. The molecule has 0 saturated carbocycles. The molecule has 20 heavy (non-hydrogen) atoms. The number of benzene rings is 1. The summed E-state index contributed by atoms with van der Waals surface area (Å²) in [5.41, 5.74) is 0.688. The zero-order valence-electron chi connectivity index (χ0n) is 11.9. The van der Waals surface area contributed by atoms with Crippen molar-refractivity contribution in [2.45, 2.75) is 25.9 Å². The number of rotatable bonds is 4. The normalized spacial score (nSPS) is 16.2. The van der Waals surface area contributed by atoms with Crippen molar-refractivity contribution in [3.8, 4) is 5.75 Å². The Bertz CT molecular complexity index is 470. The van der Waals surface area contributed by atoms with Gasteiger partial charge in [-0.3, -0.25) is 4.79 Å². The van der Waals surface area contributed by atoms with Crippen molar-refractivity contribution in [2.75, 3.05) is 26.8 Å². The number of piperidine rings is 1. The topological polar surface area (TPSA) is 38.8 Å². The molecule has 1 saturated heterocycles. The number of hydrogen-bond acceptors (Lipinski definition) is 3. The van der Waals surface area contributed by atoms with Gasteiger partial charge in [0.25, 0.3) is 5.91 Å². The first kappa shape index (κ1) is 15.3. The highest BCUT2D eigenvalue weighted by Crippen LogP contribution is 2.26. The van der Waals surface area contributed by atoms with E-state index in [1.165, 1.54) is 0 Å². The third kappa shape index (κ3) is 3.52. The average Bonchev–Trinajstić information content (AvgIpc) is 2.47. The van der Waals surface area contributed by atoms with Crippen LogP contribution >= 0.6 is 15.9 Å². The number of carbonyl (C=O) groups is 1. The van der Waals surface area contributed by atoms with Gasteiger partial charge in [-0.2, -0.15) is 0 Å². The van der Waals surface area contributed by atoms with E-state index in [-0.39, 0.29) is 5.91 Å². The van der Waals surface area contributed by atoms with Gasteiger partial charge in [-0.05, 0) is 53.9 Å². The fraction of sp³-hybridized carbons (Fsp3) is 0.533. The molecule has 1 fully saturated rings. The summed E-state index contributed by atoms with van der Waals surface area (Å²) in [7, 11) is 1.61. The molecule has 0 atom stereocenters. The Hall–Kier alpha value is -1.07. The van der Waals surface area contributed by atoms with Crippen LogP contribution in [0.3, 0.4) is 0 Å². The van der Waals surface area contributed by atoms with Gasteiger partial charge in [0.15, 0.2) is 0 Å². The van der Waals surface area contributed by atoms with Crippen LogP contribution in [0.5, 0.6) is 5.75 Å². The lowest BCUT2D eigenvalue weighted by Crippen LogP contribution is -2.40. The predicted octanol–water partition coefficient (Wildman–Crippen LogP) is 3.10. The number of likely N-dealkylation sites (tertiary alicyclic amines) is 1. The first-order valence-corrected chi connectivity index (χ1v) is 7.69. The predicted molar refractivity (Wildman–Crippen MR) is 81.2 cm³/mol. The van der Waals surface area contributed by atoms with E-state index >= 15 is 0 Å². The number of carbonyl (C=O) groups excluding carboxylic acids is 1. The maximum Gasteiger partial charge on any atom is 0.253 e. The van der Waals surface area contributed by atoms with Crippen molar-refractivity contribution < 1.29 is 14.3 Å². The van der Waals surface area contributed by atoms with Crippen molar-refractivity contribution in [1.82, 2.24) is 4.90 Å². The van der Waals surface area contributed by atoms with Gasteiger partial charge in [0, 0.05) is 25.3 Å². The lowest BCUT2D eigenvalue weighted by Gasteiger charge is -2.31.